The van der Waals surface area contributed by atoms with Gasteiger partial charge in [0.15, 0.2) is 0 Å². The van der Waals surface area contributed by atoms with Crippen molar-refractivity contribution in [3.63, 3.8) is 0 Å². The van der Waals surface area contributed by atoms with E-state index in [0.717, 1.165) is 66.5 Å². The molecular weight excluding hydrogens is 456 g/mol. The van der Waals surface area contributed by atoms with Gasteiger partial charge in [0.25, 0.3) is 0 Å². The summed E-state index contributed by atoms with van der Waals surface area (Å²) in [5, 5.41) is 14.4. The number of anilines is 2. The molecule has 3 aliphatic carbocycles. The molecule has 174 valence electrons. The third-order valence-corrected chi connectivity index (χ3v) is 10.8. The topological polar surface area (TPSA) is 78.4 Å². The lowest BCUT2D eigenvalue weighted by molar-refractivity contribution is 0.143. The van der Waals surface area contributed by atoms with Crippen LogP contribution < -0.4 is 10.2 Å². The first-order chi connectivity index (χ1) is 16.0. The molecule has 2 unspecified atom stereocenters. The fraction of sp³-hybridized carbons (Fsp3) is 0.600. The van der Waals surface area contributed by atoms with Gasteiger partial charge in [-0.2, -0.15) is 4.98 Å². The summed E-state index contributed by atoms with van der Waals surface area (Å²) in [5.41, 5.74) is 2.05. The van der Waals surface area contributed by atoms with Gasteiger partial charge in [0.05, 0.1) is 28.6 Å². The Morgan fingerprint density at radius 2 is 1.82 bits per heavy atom. The quantitative estimate of drug-likeness (QED) is 0.664. The Morgan fingerprint density at radius 1 is 1.09 bits per heavy atom. The normalized spacial score (nSPS) is 32.1. The van der Waals surface area contributed by atoms with Gasteiger partial charge < -0.3 is 15.3 Å². The van der Waals surface area contributed by atoms with Crippen molar-refractivity contribution in [2.75, 3.05) is 22.6 Å². The predicted octanol–water partition coefficient (Wildman–Crippen LogP) is 4.13. The Balaban J connectivity index is 1.22. The molecule has 1 spiro atoms. The summed E-state index contributed by atoms with van der Waals surface area (Å²) in [6.45, 7) is 0.0800. The smallest absolute Gasteiger partial charge is 0.228 e. The van der Waals surface area contributed by atoms with Crippen LogP contribution in [0.2, 0.25) is 5.02 Å². The molecule has 3 saturated carbocycles. The second kappa shape index (κ2) is 7.15. The summed E-state index contributed by atoms with van der Waals surface area (Å²) in [4.78, 5) is 13.3. The highest BCUT2D eigenvalue weighted by atomic mass is 35.5. The summed E-state index contributed by atoms with van der Waals surface area (Å²) in [7, 11) is -1.07. The summed E-state index contributed by atoms with van der Waals surface area (Å²) >= 11 is 6.09. The monoisotopic (exact) mass is 484 g/mol. The molecule has 2 N–H and O–H groups in total. The maximum atomic E-state index is 13.1. The summed E-state index contributed by atoms with van der Waals surface area (Å²) < 4.78 is 13.1. The Labute approximate surface area is 201 Å². The third-order valence-electron chi connectivity index (χ3n) is 8.86. The van der Waals surface area contributed by atoms with Crippen molar-refractivity contribution in [3.8, 4) is 0 Å². The number of rotatable bonds is 5. The molecule has 2 saturated heterocycles. The molecule has 4 heterocycles. The Morgan fingerprint density at radius 3 is 2.42 bits per heavy atom. The van der Waals surface area contributed by atoms with Crippen LogP contribution in [-0.2, 0) is 16.2 Å². The van der Waals surface area contributed by atoms with Crippen molar-refractivity contribution in [3.05, 3.63) is 40.5 Å². The van der Waals surface area contributed by atoms with E-state index in [1.54, 1.807) is 0 Å². The van der Waals surface area contributed by atoms with E-state index in [1.165, 1.54) is 12.0 Å². The lowest BCUT2D eigenvalue weighted by atomic mass is 9.71. The minimum Gasteiger partial charge on any atom is -0.394 e. The molecule has 3 aliphatic heterocycles. The zero-order valence-corrected chi connectivity index (χ0v) is 20.2. The number of halogens is 1. The second-order valence-electron chi connectivity index (χ2n) is 10.9. The van der Waals surface area contributed by atoms with Gasteiger partial charge in [-0.05, 0) is 75.0 Å². The average molecular weight is 485 g/mol. The Kier molecular flexibility index (Phi) is 4.48. The van der Waals surface area contributed by atoms with Gasteiger partial charge in [0.2, 0.25) is 5.95 Å². The molecule has 1 aromatic heterocycles. The number of aromatic nitrogens is 2. The summed E-state index contributed by atoms with van der Waals surface area (Å²) in [6.07, 6.45) is 8.46. The zero-order chi connectivity index (χ0) is 22.4. The van der Waals surface area contributed by atoms with E-state index >= 15 is 0 Å². The predicted molar refractivity (Wildman–Crippen MR) is 130 cm³/mol. The summed E-state index contributed by atoms with van der Waals surface area (Å²) in [5.74, 6) is 2.73. The minimum absolute atomic E-state index is 0.00781. The van der Waals surface area contributed by atoms with Crippen molar-refractivity contribution >= 4 is 34.2 Å². The fourth-order valence-corrected chi connectivity index (χ4v) is 8.51. The van der Waals surface area contributed by atoms with Gasteiger partial charge >= 0.3 is 0 Å². The van der Waals surface area contributed by atoms with E-state index in [1.807, 2.05) is 12.1 Å². The molecule has 6 aliphatic rings. The van der Waals surface area contributed by atoms with E-state index in [4.69, 9.17) is 21.6 Å². The molecule has 2 aromatic rings. The van der Waals surface area contributed by atoms with Crippen molar-refractivity contribution in [2.24, 2.45) is 0 Å². The number of benzene rings is 1. The SMILES string of the molecule is O=[S@]1CC2(CC2)c2nc(N3C4CC(c5ccc(Cl)cc5)CC3C4)nc(NC3(CO)CCC3)c21. The number of piperidine rings is 1. The van der Waals surface area contributed by atoms with Crippen LogP contribution >= 0.6 is 11.6 Å². The maximum absolute atomic E-state index is 13.1. The summed E-state index contributed by atoms with van der Waals surface area (Å²) in [6, 6.07) is 9.18. The van der Waals surface area contributed by atoms with E-state index in [2.05, 4.69) is 22.3 Å². The van der Waals surface area contributed by atoms with Gasteiger partial charge in [-0.25, -0.2) is 4.98 Å². The molecule has 0 amide bonds. The number of hydrogen-bond donors (Lipinski definition) is 2. The van der Waals surface area contributed by atoms with Crippen LogP contribution in [0, 0.1) is 0 Å². The molecule has 8 rings (SSSR count). The van der Waals surface area contributed by atoms with Crippen molar-refractivity contribution < 1.29 is 9.32 Å². The largest absolute Gasteiger partial charge is 0.394 e. The molecule has 1 aromatic carbocycles. The molecule has 0 radical (unpaired) electrons. The van der Waals surface area contributed by atoms with Crippen LogP contribution in [0.4, 0.5) is 11.8 Å². The molecule has 6 nitrogen and oxygen atoms in total. The van der Waals surface area contributed by atoms with Crippen molar-refractivity contribution in [1.29, 1.82) is 0 Å². The molecule has 8 heteroatoms. The number of fused-ring (bicyclic) bond motifs is 4. The van der Waals surface area contributed by atoms with Crippen LogP contribution in [-0.4, -0.2) is 49.3 Å². The standard InChI is InChI=1S/C25H29ClN4O2S/c26-17-4-2-15(3-5-17)16-10-18-12-19(11-16)30(18)23-27-21-20(33(32)14-24(21)8-9-24)22(28-23)29-25(13-31)6-1-7-25/h2-5,16,18-19,31H,1,6-14H2,(H,27,28,29)/t16?,18?,19?,33-/m0/s1. The maximum Gasteiger partial charge on any atom is 0.228 e. The van der Waals surface area contributed by atoms with Gasteiger partial charge in [0.1, 0.15) is 10.7 Å². The van der Waals surface area contributed by atoms with E-state index in [9.17, 15) is 9.32 Å². The first kappa shape index (κ1) is 20.7. The van der Waals surface area contributed by atoms with Crippen LogP contribution in [0.3, 0.4) is 0 Å². The van der Waals surface area contributed by atoms with E-state index in [-0.39, 0.29) is 17.6 Å². The number of hydrogen-bond acceptors (Lipinski definition) is 6. The fourth-order valence-electron chi connectivity index (χ4n) is 6.52. The van der Waals surface area contributed by atoms with Gasteiger partial charge in [-0.3, -0.25) is 4.21 Å². The Hall–Kier alpha value is -1.70. The molecule has 2 bridgehead atoms. The lowest BCUT2D eigenvalue weighted by Crippen LogP contribution is -2.61. The van der Waals surface area contributed by atoms with Gasteiger partial charge in [-0.1, -0.05) is 23.7 Å². The number of aliphatic hydroxyl groups is 1. The van der Waals surface area contributed by atoms with Crippen LogP contribution in [0.25, 0.3) is 0 Å². The highest BCUT2D eigenvalue weighted by Crippen LogP contribution is 2.57. The van der Waals surface area contributed by atoms with Crippen molar-refractivity contribution in [1.82, 2.24) is 9.97 Å². The molecule has 5 fully saturated rings. The minimum atomic E-state index is -1.07. The van der Waals surface area contributed by atoms with Crippen molar-refractivity contribution in [2.45, 2.75) is 85.2 Å². The molecule has 33 heavy (non-hydrogen) atoms. The van der Waals surface area contributed by atoms with Crippen LogP contribution in [0.5, 0.6) is 0 Å². The number of nitrogens with one attached hydrogen (secondary N) is 1. The highest BCUT2D eigenvalue weighted by molar-refractivity contribution is 7.85. The molecule has 3 atom stereocenters. The number of aliphatic hydroxyl groups excluding tert-OH is 1. The zero-order valence-electron chi connectivity index (χ0n) is 18.6. The van der Waals surface area contributed by atoms with Gasteiger partial charge in [-0.15, -0.1) is 0 Å². The van der Waals surface area contributed by atoms with E-state index < -0.39 is 10.8 Å². The highest BCUT2D eigenvalue weighted by Gasteiger charge is 2.56. The van der Waals surface area contributed by atoms with Gasteiger partial charge in [0, 0.05) is 28.3 Å². The lowest BCUT2D eigenvalue weighted by Gasteiger charge is -2.55. The third kappa shape index (κ3) is 3.11. The van der Waals surface area contributed by atoms with Crippen LogP contribution in [0.1, 0.15) is 68.5 Å². The average Bonchev–Trinajstić information content (AvgIpc) is 3.50. The van der Waals surface area contributed by atoms with E-state index in [0.29, 0.717) is 29.6 Å². The first-order valence-corrected chi connectivity index (χ1v) is 13.9. The Bertz CT molecular complexity index is 1130. The molecular formula is C25H29ClN4O2S. The second-order valence-corrected chi connectivity index (χ2v) is 12.7. The van der Waals surface area contributed by atoms with Crippen LogP contribution in [0.15, 0.2) is 29.2 Å². The first-order valence-electron chi connectivity index (χ1n) is 12.2. The number of nitrogens with zero attached hydrogens (tertiary/aromatic N) is 3.